The fourth-order valence-corrected chi connectivity index (χ4v) is 3.08. The minimum Gasteiger partial charge on any atom is -0.393 e. The maximum atomic E-state index is 9.22. The van der Waals surface area contributed by atoms with Gasteiger partial charge in [-0.15, -0.1) is 0 Å². The summed E-state index contributed by atoms with van der Waals surface area (Å²) in [5, 5.41) is 12.9. The fraction of sp³-hybridized carbons (Fsp3) is 1.00. The summed E-state index contributed by atoms with van der Waals surface area (Å²) >= 11 is 0. The number of hydrogen-bond acceptors (Lipinski definition) is 2. The molecular formula is C13H25NO. The molecule has 0 atom stereocenters. The molecule has 2 N–H and O–H groups in total. The summed E-state index contributed by atoms with van der Waals surface area (Å²) in [6.07, 6.45) is 10.3. The third-order valence-electron chi connectivity index (χ3n) is 4.13. The third kappa shape index (κ3) is 3.18. The third-order valence-corrected chi connectivity index (χ3v) is 4.13. The maximum absolute atomic E-state index is 9.22. The lowest BCUT2D eigenvalue weighted by Gasteiger charge is -2.38. The molecule has 0 radical (unpaired) electrons. The van der Waals surface area contributed by atoms with Gasteiger partial charge in [0.1, 0.15) is 0 Å². The van der Waals surface area contributed by atoms with Gasteiger partial charge < -0.3 is 10.4 Å². The first-order valence-corrected chi connectivity index (χ1v) is 6.72. The van der Waals surface area contributed by atoms with E-state index in [1.807, 2.05) is 0 Å². The van der Waals surface area contributed by atoms with Gasteiger partial charge in [-0.2, -0.15) is 0 Å². The quantitative estimate of drug-likeness (QED) is 0.748. The highest BCUT2D eigenvalue weighted by atomic mass is 16.3. The van der Waals surface area contributed by atoms with E-state index in [-0.39, 0.29) is 6.10 Å². The van der Waals surface area contributed by atoms with Crippen molar-refractivity contribution in [2.45, 2.75) is 76.5 Å². The van der Waals surface area contributed by atoms with Crippen molar-refractivity contribution in [3.8, 4) is 0 Å². The fourth-order valence-electron chi connectivity index (χ4n) is 3.08. The van der Waals surface area contributed by atoms with Crippen LogP contribution in [0.15, 0.2) is 0 Å². The first-order valence-electron chi connectivity index (χ1n) is 6.72. The van der Waals surface area contributed by atoms with Gasteiger partial charge in [0, 0.05) is 12.1 Å². The van der Waals surface area contributed by atoms with Crippen molar-refractivity contribution in [1.29, 1.82) is 0 Å². The summed E-state index contributed by atoms with van der Waals surface area (Å²) in [7, 11) is 0. The van der Waals surface area contributed by atoms with Crippen molar-refractivity contribution in [3.63, 3.8) is 0 Å². The van der Waals surface area contributed by atoms with Crippen LogP contribution in [0.4, 0.5) is 0 Å². The van der Waals surface area contributed by atoms with Crippen LogP contribution in [0.25, 0.3) is 0 Å². The Bertz CT molecular complexity index is 181. The summed E-state index contributed by atoms with van der Waals surface area (Å²) in [6.45, 7) is 2.29. The lowest BCUT2D eigenvalue weighted by Crippen LogP contribution is -2.49. The summed E-state index contributed by atoms with van der Waals surface area (Å²) in [6, 6.07) is 1.36. The Morgan fingerprint density at radius 2 is 1.73 bits per heavy atom. The van der Waals surface area contributed by atoms with Gasteiger partial charge in [0.05, 0.1) is 6.10 Å². The predicted octanol–water partition coefficient (Wildman–Crippen LogP) is 2.46. The Morgan fingerprint density at radius 1 is 1.07 bits per heavy atom. The summed E-state index contributed by atoms with van der Waals surface area (Å²) < 4.78 is 0. The van der Waals surface area contributed by atoms with Crippen LogP contribution in [0.2, 0.25) is 0 Å². The molecule has 0 aromatic rings. The first kappa shape index (κ1) is 11.4. The van der Waals surface area contributed by atoms with Crippen molar-refractivity contribution in [2.75, 3.05) is 0 Å². The van der Waals surface area contributed by atoms with Crippen LogP contribution in [0, 0.1) is 5.92 Å². The molecule has 0 amide bonds. The molecule has 0 heterocycles. The second kappa shape index (κ2) is 5.31. The Balaban J connectivity index is 1.61. The highest BCUT2D eigenvalue weighted by Crippen LogP contribution is 2.29. The van der Waals surface area contributed by atoms with Gasteiger partial charge in [-0.25, -0.2) is 0 Å². The van der Waals surface area contributed by atoms with Crippen molar-refractivity contribution < 1.29 is 5.11 Å². The molecule has 0 aromatic heterocycles. The number of aliphatic hydroxyl groups excluding tert-OH is 1. The molecule has 2 aliphatic carbocycles. The van der Waals surface area contributed by atoms with Crippen LogP contribution in [-0.4, -0.2) is 23.3 Å². The van der Waals surface area contributed by atoms with E-state index < -0.39 is 0 Å². The van der Waals surface area contributed by atoms with E-state index in [1.165, 1.54) is 38.5 Å². The first-order chi connectivity index (χ1) is 7.28. The minimum atomic E-state index is -0.0149. The molecule has 0 unspecified atom stereocenters. The second-order valence-corrected chi connectivity index (χ2v) is 5.50. The van der Waals surface area contributed by atoms with Crippen LogP contribution < -0.4 is 5.32 Å². The molecule has 0 aliphatic heterocycles. The Labute approximate surface area is 93.5 Å². The average molecular weight is 211 g/mol. The summed E-state index contributed by atoms with van der Waals surface area (Å²) in [5.74, 6) is 1.00. The zero-order valence-corrected chi connectivity index (χ0v) is 9.91. The summed E-state index contributed by atoms with van der Waals surface area (Å²) in [4.78, 5) is 0. The van der Waals surface area contributed by atoms with Gasteiger partial charge in [-0.1, -0.05) is 19.8 Å². The van der Waals surface area contributed by atoms with Gasteiger partial charge in [-0.3, -0.25) is 0 Å². The van der Waals surface area contributed by atoms with Gasteiger partial charge >= 0.3 is 0 Å². The zero-order valence-electron chi connectivity index (χ0n) is 9.91. The standard InChI is InChI=1S/C13H25NO/c1-2-3-10-4-6-11(7-5-10)14-12-8-13(15)9-12/h10-15H,2-9H2,1H3. The van der Waals surface area contributed by atoms with Crippen LogP contribution in [0.3, 0.4) is 0 Å². The van der Waals surface area contributed by atoms with Gasteiger partial charge in [-0.05, 0) is 44.4 Å². The number of hydrogen-bond donors (Lipinski definition) is 2. The topological polar surface area (TPSA) is 32.3 Å². The lowest BCUT2D eigenvalue weighted by molar-refractivity contribution is 0.0539. The monoisotopic (exact) mass is 211 g/mol. The molecule has 2 rings (SSSR count). The van der Waals surface area contributed by atoms with E-state index in [1.54, 1.807) is 0 Å². The highest BCUT2D eigenvalue weighted by molar-refractivity contribution is 4.88. The van der Waals surface area contributed by atoms with Crippen molar-refractivity contribution in [2.24, 2.45) is 5.92 Å². The maximum Gasteiger partial charge on any atom is 0.0570 e. The molecule has 0 bridgehead atoms. The molecule has 15 heavy (non-hydrogen) atoms. The largest absolute Gasteiger partial charge is 0.393 e. The van der Waals surface area contributed by atoms with Crippen LogP contribution in [0.1, 0.15) is 58.3 Å². The number of aliphatic hydroxyl groups is 1. The van der Waals surface area contributed by atoms with Gasteiger partial charge in [0.2, 0.25) is 0 Å². The van der Waals surface area contributed by atoms with Crippen molar-refractivity contribution in [1.82, 2.24) is 5.32 Å². The smallest absolute Gasteiger partial charge is 0.0570 e. The lowest BCUT2D eigenvalue weighted by atomic mass is 9.81. The van der Waals surface area contributed by atoms with Gasteiger partial charge in [0.15, 0.2) is 0 Å². The van der Waals surface area contributed by atoms with E-state index in [0.717, 1.165) is 24.8 Å². The molecule has 2 saturated carbocycles. The molecule has 2 fully saturated rings. The zero-order chi connectivity index (χ0) is 10.7. The molecule has 2 heteroatoms. The van der Waals surface area contributed by atoms with Crippen LogP contribution in [0.5, 0.6) is 0 Å². The molecule has 2 aliphatic rings. The second-order valence-electron chi connectivity index (χ2n) is 5.50. The van der Waals surface area contributed by atoms with Crippen molar-refractivity contribution in [3.05, 3.63) is 0 Å². The van der Waals surface area contributed by atoms with E-state index in [2.05, 4.69) is 12.2 Å². The normalized spacial score (nSPS) is 41.2. The number of rotatable bonds is 4. The van der Waals surface area contributed by atoms with E-state index in [0.29, 0.717) is 6.04 Å². The minimum absolute atomic E-state index is 0.0149. The molecular weight excluding hydrogens is 186 g/mol. The summed E-state index contributed by atoms with van der Waals surface area (Å²) in [5.41, 5.74) is 0. The van der Waals surface area contributed by atoms with E-state index in [9.17, 15) is 5.11 Å². The molecule has 0 aromatic carbocycles. The predicted molar refractivity (Wildman–Crippen MR) is 62.8 cm³/mol. The molecule has 2 nitrogen and oxygen atoms in total. The van der Waals surface area contributed by atoms with Gasteiger partial charge in [0.25, 0.3) is 0 Å². The molecule has 0 saturated heterocycles. The van der Waals surface area contributed by atoms with Crippen molar-refractivity contribution >= 4 is 0 Å². The average Bonchev–Trinajstić information content (AvgIpc) is 2.19. The van der Waals surface area contributed by atoms with Crippen LogP contribution >= 0.6 is 0 Å². The molecule has 88 valence electrons. The van der Waals surface area contributed by atoms with E-state index in [4.69, 9.17) is 0 Å². The Hall–Kier alpha value is -0.0800. The Kier molecular flexibility index (Phi) is 4.04. The number of nitrogens with one attached hydrogen (secondary N) is 1. The highest BCUT2D eigenvalue weighted by Gasteiger charge is 2.30. The van der Waals surface area contributed by atoms with Crippen LogP contribution in [-0.2, 0) is 0 Å². The Morgan fingerprint density at radius 3 is 2.27 bits per heavy atom. The van der Waals surface area contributed by atoms with E-state index >= 15 is 0 Å². The SMILES string of the molecule is CCCC1CCC(NC2CC(O)C2)CC1. The molecule has 0 spiro atoms.